The van der Waals surface area contributed by atoms with E-state index in [0.29, 0.717) is 24.5 Å². The van der Waals surface area contributed by atoms with Gasteiger partial charge in [0.15, 0.2) is 0 Å². The van der Waals surface area contributed by atoms with E-state index in [0.717, 1.165) is 46.5 Å². The third kappa shape index (κ3) is 3.87. The SMILES string of the molecule is O=C(OC[C@@H]1CCCN1Cc1c(O)ccc2ccccc12)c1cccc2cc(O)ccc12. The Balaban J connectivity index is 1.32. The van der Waals surface area contributed by atoms with Gasteiger partial charge in [0.1, 0.15) is 18.1 Å². The minimum absolute atomic E-state index is 0.108. The van der Waals surface area contributed by atoms with E-state index in [4.69, 9.17) is 4.74 Å². The standard InChI is InChI=1S/C27H25NO4/c29-21-11-12-23-19(15-21)6-3-9-24(23)27(31)32-17-20-7-4-14-28(20)16-25-22-8-2-1-5-18(22)10-13-26(25)30/h1-3,5-6,8-13,15,20,29-30H,4,7,14,16-17H2/t20-/m0/s1. The number of esters is 1. The molecule has 0 aliphatic carbocycles. The fourth-order valence-electron chi connectivity index (χ4n) is 4.68. The van der Waals surface area contributed by atoms with E-state index in [-0.39, 0.29) is 17.8 Å². The zero-order valence-electron chi connectivity index (χ0n) is 17.7. The van der Waals surface area contributed by atoms with Crippen molar-refractivity contribution in [3.8, 4) is 11.5 Å². The minimum atomic E-state index is -0.360. The van der Waals surface area contributed by atoms with Crippen molar-refractivity contribution in [1.29, 1.82) is 0 Å². The fourth-order valence-corrected chi connectivity index (χ4v) is 4.68. The lowest BCUT2D eigenvalue weighted by atomic mass is 10.0. The van der Waals surface area contributed by atoms with Crippen LogP contribution in [0, 0.1) is 0 Å². The van der Waals surface area contributed by atoms with E-state index in [1.807, 2.05) is 36.4 Å². The topological polar surface area (TPSA) is 70.0 Å². The maximum Gasteiger partial charge on any atom is 0.338 e. The first-order valence-corrected chi connectivity index (χ1v) is 10.9. The molecule has 0 spiro atoms. The third-order valence-electron chi connectivity index (χ3n) is 6.37. The van der Waals surface area contributed by atoms with Gasteiger partial charge in [-0.2, -0.15) is 0 Å². The predicted molar refractivity (Wildman–Crippen MR) is 125 cm³/mol. The summed E-state index contributed by atoms with van der Waals surface area (Å²) in [6.45, 7) is 1.82. The van der Waals surface area contributed by atoms with Crippen LogP contribution < -0.4 is 0 Å². The fraction of sp³-hybridized carbons (Fsp3) is 0.222. The van der Waals surface area contributed by atoms with Crippen LogP contribution in [0.25, 0.3) is 21.5 Å². The number of hydrogen-bond donors (Lipinski definition) is 2. The number of phenols is 2. The molecular formula is C27H25NO4. The third-order valence-corrected chi connectivity index (χ3v) is 6.37. The van der Waals surface area contributed by atoms with Gasteiger partial charge in [-0.3, -0.25) is 4.90 Å². The van der Waals surface area contributed by atoms with Gasteiger partial charge in [-0.15, -0.1) is 0 Å². The normalized spacial score (nSPS) is 16.6. The largest absolute Gasteiger partial charge is 0.508 e. The first-order chi connectivity index (χ1) is 15.6. The van der Waals surface area contributed by atoms with Crippen molar-refractivity contribution in [2.24, 2.45) is 0 Å². The molecular weight excluding hydrogens is 402 g/mol. The molecule has 1 saturated heterocycles. The van der Waals surface area contributed by atoms with Crippen LogP contribution in [0.5, 0.6) is 11.5 Å². The molecule has 0 unspecified atom stereocenters. The molecule has 2 N–H and O–H groups in total. The number of ether oxygens (including phenoxy) is 1. The van der Waals surface area contributed by atoms with Gasteiger partial charge in [0.2, 0.25) is 0 Å². The van der Waals surface area contributed by atoms with Crippen LogP contribution in [0.15, 0.2) is 72.8 Å². The molecule has 0 saturated carbocycles. The summed E-state index contributed by atoms with van der Waals surface area (Å²) in [5.74, 6) is 0.104. The van der Waals surface area contributed by atoms with Crippen LogP contribution >= 0.6 is 0 Å². The Morgan fingerprint density at radius 3 is 2.69 bits per heavy atom. The highest BCUT2D eigenvalue weighted by atomic mass is 16.5. The summed E-state index contributed by atoms with van der Waals surface area (Å²) in [6, 6.07) is 22.2. The number of aromatic hydroxyl groups is 2. The first kappa shape index (κ1) is 20.3. The Hall–Kier alpha value is -3.57. The van der Waals surface area contributed by atoms with Gasteiger partial charge in [-0.05, 0) is 71.3 Å². The second-order valence-electron chi connectivity index (χ2n) is 8.36. The molecule has 5 nitrogen and oxygen atoms in total. The summed E-state index contributed by atoms with van der Waals surface area (Å²) < 4.78 is 5.73. The highest BCUT2D eigenvalue weighted by Crippen LogP contribution is 2.31. The van der Waals surface area contributed by atoms with Crippen LogP contribution in [0.3, 0.4) is 0 Å². The second kappa shape index (κ2) is 8.52. The molecule has 5 heteroatoms. The van der Waals surface area contributed by atoms with E-state index in [1.54, 1.807) is 36.4 Å². The quantitative estimate of drug-likeness (QED) is 0.427. The molecule has 0 radical (unpaired) electrons. The van der Waals surface area contributed by atoms with Crippen molar-refractivity contribution in [2.75, 3.05) is 13.2 Å². The van der Waals surface area contributed by atoms with E-state index in [9.17, 15) is 15.0 Å². The van der Waals surface area contributed by atoms with Gasteiger partial charge in [0, 0.05) is 18.2 Å². The predicted octanol–water partition coefficient (Wildman–Crippen LogP) is 5.23. The number of benzene rings is 4. The lowest BCUT2D eigenvalue weighted by Gasteiger charge is -2.25. The lowest BCUT2D eigenvalue weighted by molar-refractivity contribution is 0.0392. The molecule has 1 aliphatic rings. The summed E-state index contributed by atoms with van der Waals surface area (Å²) in [5, 5.41) is 23.9. The molecule has 1 atom stereocenters. The van der Waals surface area contributed by atoms with Gasteiger partial charge in [-0.1, -0.05) is 42.5 Å². The van der Waals surface area contributed by atoms with Gasteiger partial charge in [-0.25, -0.2) is 4.79 Å². The van der Waals surface area contributed by atoms with Crippen molar-refractivity contribution in [3.05, 3.63) is 83.9 Å². The summed E-state index contributed by atoms with van der Waals surface area (Å²) >= 11 is 0. The zero-order valence-corrected chi connectivity index (χ0v) is 17.7. The maximum absolute atomic E-state index is 12.9. The van der Waals surface area contributed by atoms with E-state index in [2.05, 4.69) is 4.90 Å². The molecule has 1 fully saturated rings. The minimum Gasteiger partial charge on any atom is -0.508 e. The molecule has 1 aliphatic heterocycles. The summed E-state index contributed by atoms with van der Waals surface area (Å²) in [5.41, 5.74) is 1.41. The van der Waals surface area contributed by atoms with Crippen LogP contribution in [0.2, 0.25) is 0 Å². The summed E-state index contributed by atoms with van der Waals surface area (Å²) in [4.78, 5) is 15.1. The number of nitrogens with zero attached hydrogens (tertiary/aromatic N) is 1. The number of carbonyl (C=O) groups excluding carboxylic acids is 1. The maximum atomic E-state index is 12.9. The molecule has 4 aromatic carbocycles. The first-order valence-electron chi connectivity index (χ1n) is 10.9. The Morgan fingerprint density at radius 2 is 1.78 bits per heavy atom. The number of hydrogen-bond acceptors (Lipinski definition) is 5. The number of likely N-dealkylation sites (tertiary alicyclic amines) is 1. The molecule has 32 heavy (non-hydrogen) atoms. The number of rotatable bonds is 5. The molecule has 1 heterocycles. The van der Waals surface area contributed by atoms with E-state index >= 15 is 0 Å². The Bertz CT molecular complexity index is 1300. The van der Waals surface area contributed by atoms with E-state index in [1.165, 1.54) is 0 Å². The molecule has 0 aromatic heterocycles. The second-order valence-corrected chi connectivity index (χ2v) is 8.36. The van der Waals surface area contributed by atoms with Crippen molar-refractivity contribution in [1.82, 2.24) is 4.90 Å². The molecule has 5 rings (SSSR count). The number of phenolic OH excluding ortho intramolecular Hbond substituents is 2. The molecule has 4 aromatic rings. The smallest absolute Gasteiger partial charge is 0.338 e. The van der Waals surface area contributed by atoms with Crippen LogP contribution in [-0.4, -0.2) is 40.3 Å². The van der Waals surface area contributed by atoms with Gasteiger partial charge in [0.25, 0.3) is 0 Å². The van der Waals surface area contributed by atoms with E-state index < -0.39 is 0 Å². The highest BCUT2D eigenvalue weighted by Gasteiger charge is 2.27. The zero-order chi connectivity index (χ0) is 22.1. The average Bonchev–Trinajstić information content (AvgIpc) is 3.25. The Morgan fingerprint density at radius 1 is 0.938 bits per heavy atom. The van der Waals surface area contributed by atoms with Crippen molar-refractivity contribution in [3.63, 3.8) is 0 Å². The molecule has 162 valence electrons. The Labute approximate surface area is 186 Å². The highest BCUT2D eigenvalue weighted by molar-refractivity contribution is 6.04. The number of carbonyl (C=O) groups is 1. The van der Waals surface area contributed by atoms with Crippen LogP contribution in [0.4, 0.5) is 0 Å². The Kier molecular flexibility index (Phi) is 5.41. The van der Waals surface area contributed by atoms with Crippen molar-refractivity contribution in [2.45, 2.75) is 25.4 Å². The average molecular weight is 428 g/mol. The van der Waals surface area contributed by atoms with Gasteiger partial charge in [0.05, 0.1) is 5.56 Å². The molecule has 0 amide bonds. The van der Waals surface area contributed by atoms with Crippen LogP contribution in [0.1, 0.15) is 28.8 Å². The van der Waals surface area contributed by atoms with Gasteiger partial charge < -0.3 is 14.9 Å². The van der Waals surface area contributed by atoms with Crippen molar-refractivity contribution >= 4 is 27.5 Å². The monoisotopic (exact) mass is 427 g/mol. The lowest BCUT2D eigenvalue weighted by Crippen LogP contribution is -2.33. The number of fused-ring (bicyclic) bond motifs is 2. The summed E-state index contributed by atoms with van der Waals surface area (Å²) in [6.07, 6.45) is 1.98. The van der Waals surface area contributed by atoms with Crippen molar-refractivity contribution < 1.29 is 19.7 Å². The van der Waals surface area contributed by atoms with Crippen LogP contribution in [-0.2, 0) is 11.3 Å². The summed E-state index contributed by atoms with van der Waals surface area (Å²) in [7, 11) is 0. The van der Waals surface area contributed by atoms with Gasteiger partial charge >= 0.3 is 5.97 Å². The molecule has 0 bridgehead atoms.